The van der Waals surface area contributed by atoms with Crippen molar-refractivity contribution in [2.45, 2.75) is 6.42 Å². The first-order valence-electron chi connectivity index (χ1n) is 7.63. The molecule has 4 amide bonds. The van der Waals surface area contributed by atoms with Crippen LogP contribution in [0.2, 0.25) is 5.02 Å². The number of anilines is 1. The molecule has 7 nitrogen and oxygen atoms in total. The molecule has 1 aromatic carbocycles. The summed E-state index contributed by atoms with van der Waals surface area (Å²) in [4.78, 5) is 42.8. The van der Waals surface area contributed by atoms with E-state index in [1.807, 2.05) is 14.1 Å². The number of barbiturate groups is 1. The molecule has 0 bridgehead atoms. The van der Waals surface area contributed by atoms with Gasteiger partial charge in [0.05, 0.1) is 26.3 Å². The number of nitrogens with one attached hydrogen (secondary N) is 2. The van der Waals surface area contributed by atoms with Gasteiger partial charge < -0.3 is 4.90 Å². The van der Waals surface area contributed by atoms with Gasteiger partial charge in [0, 0.05) is 24.2 Å². The summed E-state index contributed by atoms with van der Waals surface area (Å²) in [6.45, 7) is 1.46. The second-order valence-electron chi connectivity index (χ2n) is 5.79. The van der Waals surface area contributed by atoms with Gasteiger partial charge in [-0.1, -0.05) is 17.7 Å². The number of amides is 4. The predicted molar refractivity (Wildman–Crippen MR) is 91.6 cm³/mol. The van der Waals surface area contributed by atoms with E-state index in [-0.39, 0.29) is 0 Å². The molecule has 0 spiro atoms. The monoisotopic (exact) mass is 351 g/mol. The fourth-order valence-corrected chi connectivity index (χ4v) is 2.47. The van der Waals surface area contributed by atoms with Gasteiger partial charge in [-0.15, -0.1) is 0 Å². The molecule has 1 aliphatic rings. The van der Waals surface area contributed by atoms with E-state index in [4.69, 9.17) is 11.6 Å². The van der Waals surface area contributed by atoms with Crippen molar-refractivity contribution in [1.82, 2.24) is 5.32 Å². The van der Waals surface area contributed by atoms with Crippen molar-refractivity contribution in [3.8, 4) is 0 Å². The summed E-state index contributed by atoms with van der Waals surface area (Å²) in [5.74, 6) is -2.41. The molecular formula is C16H20ClN4O3+. The lowest BCUT2D eigenvalue weighted by Gasteiger charge is -2.28. The highest BCUT2D eigenvalue weighted by molar-refractivity contribution is 6.34. The first-order chi connectivity index (χ1) is 11.4. The van der Waals surface area contributed by atoms with Crippen molar-refractivity contribution < 1.29 is 19.3 Å². The van der Waals surface area contributed by atoms with E-state index in [1.54, 1.807) is 18.2 Å². The van der Waals surface area contributed by atoms with Crippen LogP contribution in [0.4, 0.5) is 10.5 Å². The number of hydrogen-bond donors (Lipinski definition) is 2. The van der Waals surface area contributed by atoms with Crippen LogP contribution in [-0.2, 0) is 9.59 Å². The molecule has 1 aromatic rings. The largest absolute Gasteiger partial charge is 0.340 e. The summed E-state index contributed by atoms with van der Waals surface area (Å²) >= 11 is 5.90. The molecule has 8 heteroatoms. The second kappa shape index (κ2) is 8.03. The third-order valence-electron chi connectivity index (χ3n) is 3.49. The third kappa shape index (κ3) is 4.39. The minimum absolute atomic E-state index is 0.312. The highest BCUT2D eigenvalue weighted by Crippen LogP contribution is 2.23. The molecule has 1 heterocycles. The molecule has 0 aliphatic carbocycles. The van der Waals surface area contributed by atoms with Crippen molar-refractivity contribution in [3.63, 3.8) is 0 Å². The van der Waals surface area contributed by atoms with Crippen LogP contribution in [0, 0.1) is 5.92 Å². The number of quaternary nitrogens is 1. The fraction of sp³-hybridized carbons (Fsp3) is 0.375. The van der Waals surface area contributed by atoms with E-state index in [2.05, 4.69) is 10.3 Å². The standard InChI is InChI=1S/C16H19ClN4O3/c1-20(2)8-4-7-18-10-13-14(22)19-16(24)21(15(13)23)12-6-3-5-11(17)9-12/h3,5-6,9-10,13H,4,7-8H2,1-2H3,(H,19,22,24)/p+1. The number of nitrogens with zero attached hydrogens (tertiary/aromatic N) is 2. The topological polar surface area (TPSA) is 83.3 Å². The number of benzene rings is 1. The van der Waals surface area contributed by atoms with Crippen LogP contribution in [0.25, 0.3) is 0 Å². The van der Waals surface area contributed by atoms with E-state index in [9.17, 15) is 14.4 Å². The number of rotatable bonds is 6. The molecule has 0 saturated carbocycles. The van der Waals surface area contributed by atoms with E-state index in [1.165, 1.54) is 17.2 Å². The Hall–Kier alpha value is -2.25. The van der Waals surface area contributed by atoms with Gasteiger partial charge in [0.25, 0.3) is 5.91 Å². The van der Waals surface area contributed by atoms with Crippen LogP contribution < -0.4 is 15.1 Å². The maximum Gasteiger partial charge on any atom is 0.335 e. The molecule has 128 valence electrons. The highest BCUT2D eigenvalue weighted by atomic mass is 35.5. The molecule has 0 radical (unpaired) electrons. The highest BCUT2D eigenvalue weighted by Gasteiger charge is 2.40. The lowest BCUT2D eigenvalue weighted by atomic mass is 10.1. The number of imide groups is 2. The van der Waals surface area contributed by atoms with Gasteiger partial charge in [-0.05, 0) is 18.2 Å². The summed E-state index contributed by atoms with van der Waals surface area (Å²) < 4.78 is 0. The van der Waals surface area contributed by atoms with Gasteiger partial charge in [0.2, 0.25) is 5.91 Å². The normalized spacial score (nSPS) is 18.6. The SMILES string of the molecule is C[NH+](C)CCCN=CC1C(=O)NC(=O)N(c2cccc(Cl)c2)C1=O. The fourth-order valence-electron chi connectivity index (χ4n) is 2.29. The zero-order valence-corrected chi connectivity index (χ0v) is 14.3. The van der Waals surface area contributed by atoms with Gasteiger partial charge in [-0.3, -0.25) is 19.9 Å². The molecule has 1 saturated heterocycles. The van der Waals surface area contributed by atoms with Gasteiger partial charge in [0.15, 0.2) is 5.92 Å². The number of carbonyl (C=O) groups excluding carboxylic acids is 3. The Morgan fingerprint density at radius 3 is 2.75 bits per heavy atom. The van der Waals surface area contributed by atoms with Crippen LogP contribution in [0.1, 0.15) is 6.42 Å². The van der Waals surface area contributed by atoms with Crippen LogP contribution >= 0.6 is 11.6 Å². The minimum atomic E-state index is -1.12. The zero-order chi connectivity index (χ0) is 17.7. The van der Waals surface area contributed by atoms with Crippen LogP contribution in [-0.4, -0.2) is 51.2 Å². The lowest BCUT2D eigenvalue weighted by Crippen LogP contribution is -3.05. The van der Waals surface area contributed by atoms with Crippen molar-refractivity contribution in [3.05, 3.63) is 29.3 Å². The molecule has 0 aromatic heterocycles. The smallest absolute Gasteiger partial charge is 0.335 e. The van der Waals surface area contributed by atoms with E-state index < -0.39 is 23.8 Å². The number of urea groups is 1. The summed E-state index contributed by atoms with van der Waals surface area (Å²) in [7, 11) is 4.08. The van der Waals surface area contributed by atoms with Crippen molar-refractivity contribution in [2.75, 3.05) is 32.1 Å². The molecule has 1 atom stereocenters. The molecule has 2 N–H and O–H groups in total. The Balaban J connectivity index is 2.12. The Morgan fingerprint density at radius 1 is 1.33 bits per heavy atom. The maximum absolute atomic E-state index is 12.5. The number of carbonyl (C=O) groups is 3. The second-order valence-corrected chi connectivity index (χ2v) is 6.23. The Morgan fingerprint density at radius 2 is 2.08 bits per heavy atom. The van der Waals surface area contributed by atoms with Crippen LogP contribution in [0.5, 0.6) is 0 Å². The van der Waals surface area contributed by atoms with E-state index in [0.717, 1.165) is 17.9 Å². The van der Waals surface area contributed by atoms with Gasteiger partial charge >= 0.3 is 6.03 Å². The Kier molecular flexibility index (Phi) is 6.05. The minimum Gasteiger partial charge on any atom is -0.340 e. The first-order valence-corrected chi connectivity index (χ1v) is 8.01. The van der Waals surface area contributed by atoms with Crippen LogP contribution in [0.3, 0.4) is 0 Å². The number of aliphatic imine (C=N–C) groups is 1. The molecule has 1 fully saturated rings. The Labute approximate surface area is 145 Å². The quantitative estimate of drug-likeness (QED) is 0.434. The van der Waals surface area contributed by atoms with Crippen molar-refractivity contribution in [2.24, 2.45) is 10.9 Å². The average Bonchev–Trinajstić information content (AvgIpc) is 2.49. The number of hydrogen-bond acceptors (Lipinski definition) is 4. The van der Waals surface area contributed by atoms with Gasteiger partial charge in [0.1, 0.15) is 0 Å². The summed E-state index contributed by atoms with van der Waals surface area (Å²) in [6, 6.07) is 5.54. The van der Waals surface area contributed by atoms with Crippen molar-refractivity contribution >= 4 is 41.3 Å². The van der Waals surface area contributed by atoms with Crippen molar-refractivity contribution in [1.29, 1.82) is 0 Å². The summed E-state index contributed by atoms with van der Waals surface area (Å²) in [5, 5.41) is 2.57. The molecule has 2 rings (SSSR count). The average molecular weight is 352 g/mol. The van der Waals surface area contributed by atoms with E-state index in [0.29, 0.717) is 17.3 Å². The summed E-state index contributed by atoms with van der Waals surface area (Å²) in [6.07, 6.45) is 2.16. The third-order valence-corrected chi connectivity index (χ3v) is 3.72. The molecule has 24 heavy (non-hydrogen) atoms. The molecular weight excluding hydrogens is 332 g/mol. The zero-order valence-electron chi connectivity index (χ0n) is 13.6. The maximum atomic E-state index is 12.5. The van der Waals surface area contributed by atoms with Gasteiger partial charge in [-0.25, -0.2) is 9.69 Å². The first kappa shape index (κ1) is 18.1. The molecule has 1 aliphatic heterocycles. The number of halogens is 1. The predicted octanol–water partition coefficient (Wildman–Crippen LogP) is 0.144. The Bertz CT molecular complexity index is 675. The van der Waals surface area contributed by atoms with E-state index >= 15 is 0 Å². The summed E-state index contributed by atoms with van der Waals surface area (Å²) in [5.41, 5.74) is 0.312. The van der Waals surface area contributed by atoms with Gasteiger partial charge in [-0.2, -0.15) is 0 Å². The lowest BCUT2D eigenvalue weighted by molar-refractivity contribution is -0.858. The van der Waals surface area contributed by atoms with Crippen LogP contribution in [0.15, 0.2) is 29.3 Å². The molecule has 1 unspecified atom stereocenters.